The zero-order valence-corrected chi connectivity index (χ0v) is 10.3. The molecule has 0 aliphatic carbocycles. The molecule has 1 aromatic rings. The first-order valence-electron chi connectivity index (χ1n) is 6.07. The van der Waals surface area contributed by atoms with Gasteiger partial charge in [-0.3, -0.25) is 4.79 Å². The summed E-state index contributed by atoms with van der Waals surface area (Å²) in [6.07, 6.45) is 0.00119. The molecule has 0 spiro atoms. The van der Waals surface area contributed by atoms with Gasteiger partial charge in [-0.15, -0.1) is 0 Å². The van der Waals surface area contributed by atoms with Gasteiger partial charge in [0.2, 0.25) is 5.91 Å². The van der Waals surface area contributed by atoms with Crippen LogP contribution in [-0.2, 0) is 4.79 Å². The van der Waals surface area contributed by atoms with Crippen LogP contribution in [0.1, 0.15) is 25.0 Å². The van der Waals surface area contributed by atoms with Crippen LogP contribution in [0.4, 0.5) is 10.1 Å². The third-order valence-electron chi connectivity index (χ3n) is 3.05. The predicted molar refractivity (Wildman–Crippen MR) is 66.9 cm³/mol. The van der Waals surface area contributed by atoms with E-state index in [4.69, 9.17) is 0 Å². The Kier molecular flexibility index (Phi) is 3.81. The molecule has 1 amide bonds. The van der Waals surface area contributed by atoms with Crippen molar-refractivity contribution in [2.75, 3.05) is 24.5 Å². The molecule has 2 rings (SSSR count). The topological polar surface area (TPSA) is 52.6 Å². The molecule has 98 valence electrons. The number of para-hydroxylation sites is 1. The minimum absolute atomic E-state index is 0.118. The lowest BCUT2D eigenvalue weighted by Crippen LogP contribution is -2.34. The molecule has 0 aromatic heterocycles. The van der Waals surface area contributed by atoms with Crippen LogP contribution < -0.4 is 10.2 Å². The number of benzene rings is 1. The van der Waals surface area contributed by atoms with Gasteiger partial charge in [0.1, 0.15) is 5.82 Å². The van der Waals surface area contributed by atoms with Crippen molar-refractivity contribution < 1.29 is 14.3 Å². The molecule has 1 heterocycles. The monoisotopic (exact) mass is 252 g/mol. The van der Waals surface area contributed by atoms with E-state index in [9.17, 15) is 14.3 Å². The Hall–Kier alpha value is -1.62. The number of aliphatic hydroxyl groups excluding tert-OH is 1. The Morgan fingerprint density at radius 3 is 3.00 bits per heavy atom. The molecule has 4 nitrogen and oxygen atoms in total. The molecule has 0 radical (unpaired) electrons. The van der Waals surface area contributed by atoms with Crippen LogP contribution in [-0.4, -0.2) is 30.6 Å². The number of carbonyl (C=O) groups excluding carboxylic acids is 1. The Labute approximate surface area is 105 Å². The second-order valence-corrected chi connectivity index (χ2v) is 4.48. The first kappa shape index (κ1) is 12.8. The minimum Gasteiger partial charge on any atom is -0.389 e. The SMILES string of the molecule is C[C@H](O)c1cccc(F)c1N1CCCNC(=O)C1. The van der Waals surface area contributed by atoms with Crippen molar-refractivity contribution in [1.82, 2.24) is 5.32 Å². The highest BCUT2D eigenvalue weighted by molar-refractivity contribution is 5.82. The van der Waals surface area contributed by atoms with Gasteiger partial charge in [-0.1, -0.05) is 12.1 Å². The summed E-state index contributed by atoms with van der Waals surface area (Å²) in [6.45, 7) is 2.92. The standard InChI is InChI=1S/C13H17FN2O2/c1-9(17)10-4-2-5-11(14)13(10)16-7-3-6-15-12(18)8-16/h2,4-5,9,17H,3,6-8H2,1H3,(H,15,18)/t9-/m0/s1. The molecule has 5 heteroatoms. The van der Waals surface area contributed by atoms with E-state index in [1.165, 1.54) is 6.07 Å². The maximum atomic E-state index is 14.0. The summed E-state index contributed by atoms with van der Waals surface area (Å²) in [5.41, 5.74) is 0.856. The first-order chi connectivity index (χ1) is 8.59. The second kappa shape index (κ2) is 5.35. The number of hydrogen-bond donors (Lipinski definition) is 2. The van der Waals surface area contributed by atoms with E-state index < -0.39 is 11.9 Å². The number of halogens is 1. The lowest BCUT2D eigenvalue weighted by Gasteiger charge is -2.25. The molecular formula is C13H17FN2O2. The van der Waals surface area contributed by atoms with Crippen molar-refractivity contribution in [3.63, 3.8) is 0 Å². The highest BCUT2D eigenvalue weighted by Gasteiger charge is 2.22. The van der Waals surface area contributed by atoms with Gasteiger partial charge in [-0.05, 0) is 19.4 Å². The van der Waals surface area contributed by atoms with Crippen molar-refractivity contribution in [1.29, 1.82) is 0 Å². The number of nitrogens with one attached hydrogen (secondary N) is 1. The van der Waals surface area contributed by atoms with Gasteiger partial charge in [0.15, 0.2) is 0 Å². The van der Waals surface area contributed by atoms with Crippen molar-refractivity contribution in [3.05, 3.63) is 29.6 Å². The van der Waals surface area contributed by atoms with Crippen molar-refractivity contribution in [2.24, 2.45) is 0 Å². The van der Waals surface area contributed by atoms with E-state index in [1.807, 2.05) is 0 Å². The van der Waals surface area contributed by atoms with E-state index in [0.717, 1.165) is 6.42 Å². The average Bonchev–Trinajstić information content (AvgIpc) is 2.53. The number of carbonyl (C=O) groups is 1. The van der Waals surface area contributed by atoms with Crippen LogP contribution in [0.15, 0.2) is 18.2 Å². The fourth-order valence-electron chi connectivity index (χ4n) is 2.20. The molecule has 2 N–H and O–H groups in total. The van der Waals surface area contributed by atoms with E-state index in [1.54, 1.807) is 24.0 Å². The molecular weight excluding hydrogens is 235 g/mol. The zero-order valence-electron chi connectivity index (χ0n) is 10.3. The van der Waals surface area contributed by atoms with E-state index in [0.29, 0.717) is 24.3 Å². The lowest BCUT2D eigenvalue weighted by molar-refractivity contribution is -0.119. The van der Waals surface area contributed by atoms with Gasteiger partial charge in [0.25, 0.3) is 0 Å². The molecule has 1 aliphatic rings. The molecule has 0 unspecified atom stereocenters. The predicted octanol–water partition coefficient (Wildman–Crippen LogP) is 1.21. The minimum atomic E-state index is -0.762. The zero-order chi connectivity index (χ0) is 13.1. The number of aliphatic hydroxyl groups is 1. The number of anilines is 1. The summed E-state index contributed by atoms with van der Waals surface area (Å²) >= 11 is 0. The van der Waals surface area contributed by atoms with Gasteiger partial charge in [-0.2, -0.15) is 0 Å². The second-order valence-electron chi connectivity index (χ2n) is 4.48. The lowest BCUT2D eigenvalue weighted by atomic mass is 10.1. The van der Waals surface area contributed by atoms with Gasteiger partial charge < -0.3 is 15.3 Å². The quantitative estimate of drug-likeness (QED) is 0.831. The number of amides is 1. The maximum absolute atomic E-state index is 14.0. The summed E-state index contributed by atoms with van der Waals surface area (Å²) in [4.78, 5) is 13.2. The summed E-state index contributed by atoms with van der Waals surface area (Å²) in [5.74, 6) is -0.518. The smallest absolute Gasteiger partial charge is 0.239 e. The van der Waals surface area contributed by atoms with E-state index in [2.05, 4.69) is 5.32 Å². The fraction of sp³-hybridized carbons (Fsp3) is 0.462. The third-order valence-corrected chi connectivity index (χ3v) is 3.05. The Bertz CT molecular complexity index is 449. The van der Waals surface area contributed by atoms with Crippen LogP contribution >= 0.6 is 0 Å². The van der Waals surface area contributed by atoms with Gasteiger partial charge in [-0.25, -0.2) is 4.39 Å². The number of rotatable bonds is 2. The number of hydrogen-bond acceptors (Lipinski definition) is 3. The fourth-order valence-corrected chi connectivity index (χ4v) is 2.20. The maximum Gasteiger partial charge on any atom is 0.239 e. The molecule has 0 saturated carbocycles. The van der Waals surface area contributed by atoms with Gasteiger partial charge >= 0.3 is 0 Å². The highest BCUT2D eigenvalue weighted by Crippen LogP contribution is 2.29. The van der Waals surface area contributed by atoms with E-state index in [-0.39, 0.29) is 12.5 Å². The van der Waals surface area contributed by atoms with Crippen molar-refractivity contribution in [2.45, 2.75) is 19.4 Å². The summed E-state index contributed by atoms with van der Waals surface area (Å²) < 4.78 is 14.0. The average molecular weight is 252 g/mol. The molecule has 1 aromatic carbocycles. The Morgan fingerprint density at radius 1 is 1.50 bits per heavy atom. The van der Waals surface area contributed by atoms with Crippen molar-refractivity contribution >= 4 is 11.6 Å². The van der Waals surface area contributed by atoms with Crippen LogP contribution in [0.5, 0.6) is 0 Å². The van der Waals surface area contributed by atoms with Gasteiger partial charge in [0, 0.05) is 18.7 Å². The molecule has 18 heavy (non-hydrogen) atoms. The third kappa shape index (κ3) is 2.61. The Morgan fingerprint density at radius 2 is 2.28 bits per heavy atom. The van der Waals surface area contributed by atoms with Crippen LogP contribution in [0.2, 0.25) is 0 Å². The number of nitrogens with zero attached hydrogens (tertiary/aromatic N) is 1. The molecule has 1 aliphatic heterocycles. The molecule has 0 bridgehead atoms. The van der Waals surface area contributed by atoms with E-state index >= 15 is 0 Å². The van der Waals surface area contributed by atoms with Crippen LogP contribution in [0.25, 0.3) is 0 Å². The summed E-state index contributed by atoms with van der Waals surface area (Å²) in [7, 11) is 0. The molecule has 1 fully saturated rings. The highest BCUT2D eigenvalue weighted by atomic mass is 19.1. The Balaban J connectivity index is 2.39. The van der Waals surface area contributed by atoms with Gasteiger partial charge in [0.05, 0.1) is 18.3 Å². The summed E-state index contributed by atoms with van der Waals surface area (Å²) in [5, 5.41) is 12.4. The first-order valence-corrected chi connectivity index (χ1v) is 6.07. The normalized spacial score (nSPS) is 18.2. The van der Waals surface area contributed by atoms with Crippen LogP contribution in [0.3, 0.4) is 0 Å². The summed E-state index contributed by atoms with van der Waals surface area (Å²) in [6, 6.07) is 4.61. The van der Waals surface area contributed by atoms with Crippen LogP contribution in [0, 0.1) is 5.82 Å². The largest absolute Gasteiger partial charge is 0.389 e. The molecule has 1 atom stereocenters. The molecule has 1 saturated heterocycles. The van der Waals surface area contributed by atoms with Crippen molar-refractivity contribution in [3.8, 4) is 0 Å².